The van der Waals surface area contributed by atoms with Gasteiger partial charge in [0.1, 0.15) is 5.75 Å². The van der Waals surface area contributed by atoms with E-state index in [0.29, 0.717) is 24.4 Å². The molecule has 0 atom stereocenters. The number of amides is 1. The van der Waals surface area contributed by atoms with Gasteiger partial charge in [-0.1, -0.05) is 18.2 Å². The van der Waals surface area contributed by atoms with Crippen LogP contribution in [-0.2, 0) is 4.79 Å². The van der Waals surface area contributed by atoms with Gasteiger partial charge in [-0.15, -0.1) is 0 Å². The maximum atomic E-state index is 11.8. The molecule has 0 saturated carbocycles. The van der Waals surface area contributed by atoms with Gasteiger partial charge < -0.3 is 15.8 Å². The standard InChI is InChI=1S/C17H20N2O2/c1-12-6-7-13(2)16(10-12)21-9-8-17(20)19-15-5-3-4-14(18)11-15/h3-7,10-11H,8-9,18H2,1-2H3,(H,19,20). The minimum absolute atomic E-state index is 0.0918. The van der Waals surface area contributed by atoms with Crippen molar-refractivity contribution in [1.29, 1.82) is 0 Å². The second-order valence-electron chi connectivity index (χ2n) is 5.04. The summed E-state index contributed by atoms with van der Waals surface area (Å²) in [5.74, 6) is 0.734. The molecular weight excluding hydrogens is 264 g/mol. The number of carbonyl (C=O) groups excluding carboxylic acids is 1. The van der Waals surface area contributed by atoms with Crippen LogP contribution in [0.4, 0.5) is 11.4 Å². The molecule has 4 heteroatoms. The number of carbonyl (C=O) groups is 1. The Morgan fingerprint density at radius 3 is 2.76 bits per heavy atom. The lowest BCUT2D eigenvalue weighted by molar-refractivity contribution is -0.116. The van der Waals surface area contributed by atoms with Gasteiger partial charge >= 0.3 is 0 Å². The number of nitrogen functional groups attached to an aromatic ring is 1. The fraction of sp³-hybridized carbons (Fsp3) is 0.235. The maximum absolute atomic E-state index is 11.8. The molecule has 0 unspecified atom stereocenters. The summed E-state index contributed by atoms with van der Waals surface area (Å²) in [6.45, 7) is 4.35. The third-order valence-electron chi connectivity index (χ3n) is 3.10. The van der Waals surface area contributed by atoms with Crippen LogP contribution in [0.25, 0.3) is 0 Å². The minimum Gasteiger partial charge on any atom is -0.493 e. The van der Waals surface area contributed by atoms with Crippen molar-refractivity contribution in [2.45, 2.75) is 20.3 Å². The van der Waals surface area contributed by atoms with Crippen LogP contribution >= 0.6 is 0 Å². The Morgan fingerprint density at radius 1 is 1.19 bits per heavy atom. The molecule has 1 amide bonds. The molecule has 110 valence electrons. The van der Waals surface area contributed by atoms with Gasteiger partial charge in [0.15, 0.2) is 0 Å². The molecule has 2 rings (SSSR count). The summed E-state index contributed by atoms with van der Waals surface area (Å²) in [6, 6.07) is 13.1. The molecule has 2 aromatic carbocycles. The van der Waals surface area contributed by atoms with Crippen LogP contribution in [0.2, 0.25) is 0 Å². The predicted octanol–water partition coefficient (Wildman–Crippen LogP) is 3.29. The van der Waals surface area contributed by atoms with E-state index in [1.165, 1.54) is 0 Å². The lowest BCUT2D eigenvalue weighted by atomic mass is 10.1. The molecule has 2 aromatic rings. The molecule has 0 aliphatic rings. The van der Waals surface area contributed by atoms with Crippen molar-refractivity contribution in [1.82, 2.24) is 0 Å². The molecular formula is C17H20N2O2. The summed E-state index contributed by atoms with van der Waals surface area (Å²) in [6.07, 6.45) is 0.294. The SMILES string of the molecule is Cc1ccc(C)c(OCCC(=O)Nc2cccc(N)c2)c1. The van der Waals surface area contributed by atoms with Crippen LogP contribution in [0.1, 0.15) is 17.5 Å². The Bertz CT molecular complexity index is 638. The molecule has 0 fully saturated rings. The summed E-state index contributed by atoms with van der Waals surface area (Å²) in [5, 5.41) is 2.80. The molecule has 0 radical (unpaired) electrons. The first kappa shape index (κ1) is 14.9. The zero-order valence-corrected chi connectivity index (χ0v) is 12.3. The van der Waals surface area contributed by atoms with Crippen molar-refractivity contribution in [3.8, 4) is 5.75 Å². The molecule has 3 N–H and O–H groups in total. The first-order chi connectivity index (χ1) is 10.0. The summed E-state index contributed by atoms with van der Waals surface area (Å²) in [7, 11) is 0. The molecule has 0 aromatic heterocycles. The van der Waals surface area contributed by atoms with E-state index >= 15 is 0 Å². The largest absolute Gasteiger partial charge is 0.493 e. The van der Waals surface area contributed by atoms with Crippen molar-refractivity contribution in [3.05, 3.63) is 53.6 Å². The Kier molecular flexibility index (Phi) is 4.82. The topological polar surface area (TPSA) is 64.3 Å². The highest BCUT2D eigenvalue weighted by Gasteiger charge is 2.05. The minimum atomic E-state index is -0.0918. The van der Waals surface area contributed by atoms with Gasteiger partial charge in [-0.3, -0.25) is 4.79 Å². The molecule has 21 heavy (non-hydrogen) atoms. The Morgan fingerprint density at radius 2 is 2.00 bits per heavy atom. The molecule has 4 nitrogen and oxygen atoms in total. The Labute approximate surface area is 124 Å². The monoisotopic (exact) mass is 284 g/mol. The smallest absolute Gasteiger partial charge is 0.227 e. The predicted molar refractivity (Wildman–Crippen MR) is 85.5 cm³/mol. The lowest BCUT2D eigenvalue weighted by Gasteiger charge is -2.10. The van der Waals surface area contributed by atoms with Crippen LogP contribution in [0, 0.1) is 13.8 Å². The normalized spacial score (nSPS) is 10.2. The average molecular weight is 284 g/mol. The highest BCUT2D eigenvalue weighted by molar-refractivity contribution is 5.91. The second-order valence-corrected chi connectivity index (χ2v) is 5.04. The number of ether oxygens (including phenoxy) is 1. The van der Waals surface area contributed by atoms with Crippen molar-refractivity contribution < 1.29 is 9.53 Å². The van der Waals surface area contributed by atoms with Gasteiger partial charge in [0.2, 0.25) is 5.91 Å². The van der Waals surface area contributed by atoms with Crippen LogP contribution in [0.3, 0.4) is 0 Å². The summed E-state index contributed by atoms with van der Waals surface area (Å²) >= 11 is 0. The number of rotatable bonds is 5. The molecule has 0 aliphatic heterocycles. The Balaban J connectivity index is 1.83. The Hall–Kier alpha value is -2.49. The van der Waals surface area contributed by atoms with Crippen LogP contribution in [-0.4, -0.2) is 12.5 Å². The van der Waals surface area contributed by atoms with Gasteiger partial charge in [-0.25, -0.2) is 0 Å². The zero-order chi connectivity index (χ0) is 15.2. The zero-order valence-electron chi connectivity index (χ0n) is 12.3. The number of aryl methyl sites for hydroxylation is 2. The highest BCUT2D eigenvalue weighted by Crippen LogP contribution is 2.19. The number of hydrogen-bond acceptors (Lipinski definition) is 3. The van der Waals surface area contributed by atoms with E-state index in [0.717, 1.165) is 16.9 Å². The fourth-order valence-corrected chi connectivity index (χ4v) is 1.96. The first-order valence-corrected chi connectivity index (χ1v) is 6.90. The molecule has 0 aliphatic carbocycles. The van der Waals surface area contributed by atoms with Gasteiger partial charge in [0, 0.05) is 11.4 Å². The third-order valence-corrected chi connectivity index (χ3v) is 3.10. The van der Waals surface area contributed by atoms with E-state index < -0.39 is 0 Å². The number of benzene rings is 2. The van der Waals surface area contributed by atoms with E-state index in [4.69, 9.17) is 10.5 Å². The quantitative estimate of drug-likeness (QED) is 0.828. The summed E-state index contributed by atoms with van der Waals surface area (Å²) < 4.78 is 5.66. The van der Waals surface area contributed by atoms with Crippen LogP contribution in [0.5, 0.6) is 5.75 Å². The number of nitrogens with one attached hydrogen (secondary N) is 1. The van der Waals surface area contributed by atoms with Gasteiger partial charge in [-0.2, -0.15) is 0 Å². The fourth-order valence-electron chi connectivity index (χ4n) is 1.96. The van der Waals surface area contributed by atoms with E-state index in [9.17, 15) is 4.79 Å². The molecule has 0 spiro atoms. The van der Waals surface area contributed by atoms with Crippen molar-refractivity contribution in [3.63, 3.8) is 0 Å². The lowest BCUT2D eigenvalue weighted by Crippen LogP contribution is -2.15. The van der Waals surface area contributed by atoms with E-state index in [-0.39, 0.29) is 5.91 Å². The van der Waals surface area contributed by atoms with Crippen molar-refractivity contribution >= 4 is 17.3 Å². The van der Waals surface area contributed by atoms with Gasteiger partial charge in [0.25, 0.3) is 0 Å². The van der Waals surface area contributed by atoms with Crippen molar-refractivity contribution in [2.75, 3.05) is 17.7 Å². The van der Waals surface area contributed by atoms with E-state index in [1.54, 1.807) is 24.3 Å². The third kappa shape index (κ3) is 4.53. The number of hydrogen-bond donors (Lipinski definition) is 2. The number of nitrogens with two attached hydrogens (primary N) is 1. The van der Waals surface area contributed by atoms with Gasteiger partial charge in [-0.05, 0) is 49.2 Å². The summed E-state index contributed by atoms with van der Waals surface area (Å²) in [4.78, 5) is 11.8. The van der Waals surface area contributed by atoms with E-state index in [1.807, 2.05) is 32.0 Å². The number of anilines is 2. The van der Waals surface area contributed by atoms with Crippen molar-refractivity contribution in [2.24, 2.45) is 0 Å². The highest BCUT2D eigenvalue weighted by atomic mass is 16.5. The van der Waals surface area contributed by atoms with Crippen LogP contribution in [0.15, 0.2) is 42.5 Å². The van der Waals surface area contributed by atoms with Crippen LogP contribution < -0.4 is 15.8 Å². The van der Waals surface area contributed by atoms with Gasteiger partial charge in [0.05, 0.1) is 13.0 Å². The maximum Gasteiger partial charge on any atom is 0.227 e. The molecule has 0 saturated heterocycles. The molecule has 0 bridgehead atoms. The van der Waals surface area contributed by atoms with E-state index in [2.05, 4.69) is 5.32 Å². The molecule has 0 heterocycles. The second kappa shape index (κ2) is 6.79. The average Bonchev–Trinajstić information content (AvgIpc) is 2.42. The summed E-state index contributed by atoms with van der Waals surface area (Å²) in [5.41, 5.74) is 9.20. The first-order valence-electron chi connectivity index (χ1n) is 6.90.